The number of hydrogen-bond donors (Lipinski definition) is 1. The maximum atomic E-state index is 12.5. The van der Waals surface area contributed by atoms with Crippen molar-refractivity contribution in [2.24, 2.45) is 12.0 Å². The van der Waals surface area contributed by atoms with Gasteiger partial charge in [0.15, 0.2) is 12.3 Å². The minimum Gasteiger partial charge on any atom is -0.857 e. The van der Waals surface area contributed by atoms with Crippen molar-refractivity contribution >= 4 is 39.0 Å². The van der Waals surface area contributed by atoms with Crippen molar-refractivity contribution in [3.05, 3.63) is 47.5 Å². The van der Waals surface area contributed by atoms with Gasteiger partial charge in [-0.2, -0.15) is 0 Å². The van der Waals surface area contributed by atoms with Crippen LogP contribution in [0.2, 0.25) is 0 Å². The number of aliphatic imine (C=N–C) groups is 1. The van der Waals surface area contributed by atoms with Crippen LogP contribution in [0.25, 0.3) is 21.5 Å². The number of methoxy groups -OCH3 is 1. The summed E-state index contributed by atoms with van der Waals surface area (Å²) in [6.07, 6.45) is 1.50. The number of ether oxygens (including phenoxy) is 1. The first kappa shape index (κ1) is 17.0. The van der Waals surface area contributed by atoms with Crippen LogP contribution < -0.4 is 20.3 Å². The van der Waals surface area contributed by atoms with Crippen LogP contribution in [-0.2, 0) is 7.05 Å². The number of nitrogen functional groups attached to an aromatic ring is 1. The number of rotatable bonds is 4. The van der Waals surface area contributed by atoms with E-state index < -0.39 is 5.90 Å². The van der Waals surface area contributed by atoms with Gasteiger partial charge in [0, 0.05) is 16.8 Å². The van der Waals surface area contributed by atoms with E-state index >= 15 is 0 Å². The molecule has 0 aliphatic carbocycles. The van der Waals surface area contributed by atoms with E-state index in [-0.39, 0.29) is 5.88 Å². The quantitative estimate of drug-likeness (QED) is 0.328. The van der Waals surface area contributed by atoms with Gasteiger partial charge in [-0.1, -0.05) is 16.8 Å². The molecule has 0 amide bonds. The van der Waals surface area contributed by atoms with Crippen LogP contribution in [0.15, 0.2) is 52.1 Å². The number of pyridine rings is 1. The van der Waals surface area contributed by atoms with Crippen LogP contribution in [0, 0.1) is 0 Å². The minimum absolute atomic E-state index is 0.115. The number of nitrogens with two attached hydrogens (primary N) is 1. The molecule has 2 N–H and O–H groups in total. The summed E-state index contributed by atoms with van der Waals surface area (Å²) in [5.41, 5.74) is 8.19. The topological polar surface area (TPSA) is 113 Å². The molecule has 0 spiro atoms. The van der Waals surface area contributed by atoms with Gasteiger partial charge >= 0.3 is 5.88 Å². The first-order chi connectivity index (χ1) is 13.0. The fraction of sp³-hybridized carbons (Fsp3) is 0.111. The molecule has 0 fully saturated rings. The predicted octanol–water partition coefficient (Wildman–Crippen LogP) is 1.81. The summed E-state index contributed by atoms with van der Waals surface area (Å²) in [7, 11) is 3.29. The molecule has 1 aromatic carbocycles. The smallest absolute Gasteiger partial charge is 0.320 e. The van der Waals surface area contributed by atoms with Crippen molar-refractivity contribution in [2.75, 3.05) is 12.8 Å². The van der Waals surface area contributed by atoms with Crippen molar-refractivity contribution in [2.45, 2.75) is 0 Å². The molecule has 4 rings (SSSR count). The van der Waals surface area contributed by atoms with E-state index in [9.17, 15) is 5.11 Å². The summed E-state index contributed by atoms with van der Waals surface area (Å²) >= 11 is 1.20. The maximum Gasteiger partial charge on any atom is 0.320 e. The van der Waals surface area contributed by atoms with Crippen LogP contribution in [0.4, 0.5) is 11.6 Å². The number of nitrogens with zero attached hydrogens (tertiary/aromatic N) is 4. The highest BCUT2D eigenvalue weighted by atomic mass is 32.1. The predicted molar refractivity (Wildman–Crippen MR) is 99.9 cm³/mol. The van der Waals surface area contributed by atoms with Gasteiger partial charge in [0.05, 0.1) is 23.4 Å². The molecule has 27 heavy (non-hydrogen) atoms. The SMILES string of the molecule is COc1cccc(-c2ccc3c(N)c(/C([O-])=N/c4c[n+](C)no4)sc3n2)c1. The molecule has 0 aliphatic rings. The average molecular weight is 381 g/mol. The van der Waals surface area contributed by atoms with Gasteiger partial charge in [0.25, 0.3) is 6.20 Å². The number of fused-ring (bicyclic) bond motifs is 1. The van der Waals surface area contributed by atoms with E-state index in [2.05, 4.69) is 15.2 Å². The molecule has 4 aromatic rings. The van der Waals surface area contributed by atoms with Crippen LogP contribution in [0.3, 0.4) is 0 Å². The monoisotopic (exact) mass is 381 g/mol. The fourth-order valence-corrected chi connectivity index (χ4v) is 3.59. The van der Waals surface area contributed by atoms with Crippen LogP contribution in [0.5, 0.6) is 5.75 Å². The van der Waals surface area contributed by atoms with Crippen LogP contribution in [0.1, 0.15) is 4.88 Å². The summed E-state index contributed by atoms with van der Waals surface area (Å²) in [6.45, 7) is 0. The van der Waals surface area contributed by atoms with Gasteiger partial charge in [-0.05, 0) is 24.3 Å². The Labute approximate surface area is 158 Å². The minimum atomic E-state index is -0.491. The number of aromatic nitrogens is 3. The summed E-state index contributed by atoms with van der Waals surface area (Å²) in [4.78, 5) is 9.53. The molecule has 0 saturated heterocycles. The van der Waals surface area contributed by atoms with Crippen molar-refractivity contribution in [3.8, 4) is 17.0 Å². The first-order valence-corrected chi connectivity index (χ1v) is 8.79. The Morgan fingerprint density at radius 2 is 2.19 bits per heavy atom. The van der Waals surface area contributed by atoms with Gasteiger partial charge in [-0.25, -0.2) is 9.98 Å². The lowest BCUT2D eigenvalue weighted by Crippen LogP contribution is -2.27. The maximum absolute atomic E-state index is 12.5. The molecule has 0 saturated carbocycles. The summed E-state index contributed by atoms with van der Waals surface area (Å²) in [6, 6.07) is 11.3. The summed E-state index contributed by atoms with van der Waals surface area (Å²) in [5.74, 6) is 0.370. The molecule has 0 atom stereocenters. The van der Waals surface area contributed by atoms with Gasteiger partial charge in [0.2, 0.25) is 0 Å². The average Bonchev–Trinajstić information content (AvgIpc) is 3.24. The highest BCUT2D eigenvalue weighted by Crippen LogP contribution is 2.34. The molecule has 136 valence electrons. The highest BCUT2D eigenvalue weighted by Gasteiger charge is 2.13. The van der Waals surface area contributed by atoms with Crippen molar-refractivity contribution in [1.29, 1.82) is 0 Å². The van der Waals surface area contributed by atoms with Crippen molar-refractivity contribution < 1.29 is 19.0 Å². The zero-order valence-corrected chi connectivity index (χ0v) is 15.4. The number of thiophene rings is 1. The van der Waals surface area contributed by atoms with Crippen molar-refractivity contribution in [3.63, 3.8) is 0 Å². The zero-order chi connectivity index (χ0) is 19.0. The van der Waals surface area contributed by atoms with E-state index in [1.165, 1.54) is 22.2 Å². The second-order valence-electron chi connectivity index (χ2n) is 5.76. The molecule has 0 radical (unpaired) electrons. The Bertz CT molecular complexity index is 1160. The number of benzene rings is 1. The normalized spacial score (nSPS) is 11.9. The molecule has 8 nitrogen and oxygen atoms in total. The molecule has 3 aromatic heterocycles. The van der Waals surface area contributed by atoms with Crippen LogP contribution in [-0.4, -0.2) is 23.3 Å². The lowest BCUT2D eigenvalue weighted by Gasteiger charge is -2.06. The Morgan fingerprint density at radius 3 is 2.93 bits per heavy atom. The van der Waals surface area contributed by atoms with Gasteiger partial charge in [-0.3, -0.25) is 4.52 Å². The fourth-order valence-electron chi connectivity index (χ4n) is 2.61. The Hall–Kier alpha value is -3.46. The lowest BCUT2D eigenvalue weighted by molar-refractivity contribution is -0.739. The zero-order valence-electron chi connectivity index (χ0n) is 14.5. The number of hydrogen-bond acceptors (Lipinski definition) is 8. The van der Waals surface area contributed by atoms with E-state index in [1.54, 1.807) is 14.2 Å². The first-order valence-electron chi connectivity index (χ1n) is 7.97. The Balaban J connectivity index is 1.76. The van der Waals surface area contributed by atoms with E-state index in [0.29, 0.717) is 20.8 Å². The molecule has 9 heteroatoms. The standard InChI is InChI=1S/C18H15N5O3S/c1-23-9-14(26-22-23)21-17(24)16-15(19)12-6-7-13(20-18(12)27-16)10-4-3-5-11(8-10)25-2/h3-9H,1-2H3,(H2-,19,21,22,24). The number of anilines is 1. The van der Waals surface area contributed by atoms with Gasteiger partial charge < -0.3 is 15.6 Å². The number of aryl methyl sites for hydroxylation is 1. The van der Waals surface area contributed by atoms with E-state index in [0.717, 1.165) is 17.0 Å². The summed E-state index contributed by atoms with van der Waals surface area (Å²) in [5, 5.41) is 16.8. The van der Waals surface area contributed by atoms with Crippen molar-refractivity contribution in [1.82, 2.24) is 10.3 Å². The molecule has 0 aliphatic heterocycles. The third-order valence-electron chi connectivity index (χ3n) is 3.93. The Kier molecular flexibility index (Phi) is 4.21. The van der Waals surface area contributed by atoms with E-state index in [1.807, 2.05) is 36.4 Å². The molecule has 0 unspecified atom stereocenters. The molecular formula is C18H15N5O3S. The molecule has 3 heterocycles. The van der Waals surface area contributed by atoms with E-state index in [4.69, 9.17) is 15.0 Å². The van der Waals surface area contributed by atoms with Gasteiger partial charge in [-0.15, -0.1) is 11.3 Å². The lowest BCUT2D eigenvalue weighted by atomic mass is 10.1. The second-order valence-corrected chi connectivity index (χ2v) is 6.76. The Morgan fingerprint density at radius 1 is 1.33 bits per heavy atom. The van der Waals surface area contributed by atoms with Crippen LogP contribution >= 0.6 is 11.3 Å². The largest absolute Gasteiger partial charge is 0.857 e. The third kappa shape index (κ3) is 3.20. The molecular weight excluding hydrogens is 366 g/mol. The third-order valence-corrected chi connectivity index (χ3v) is 5.03. The highest BCUT2D eigenvalue weighted by molar-refractivity contribution is 7.21. The second kappa shape index (κ2) is 6.69. The summed E-state index contributed by atoms with van der Waals surface area (Å²) < 4.78 is 11.6. The molecule has 0 bridgehead atoms. The van der Waals surface area contributed by atoms with Gasteiger partial charge in [0.1, 0.15) is 10.6 Å².